The molecule has 1 aromatic heterocycles. The van der Waals surface area contributed by atoms with Gasteiger partial charge in [-0.1, -0.05) is 19.4 Å². The van der Waals surface area contributed by atoms with Crippen molar-refractivity contribution in [2.24, 2.45) is 0 Å². The minimum absolute atomic E-state index is 0.0123. The van der Waals surface area contributed by atoms with E-state index in [2.05, 4.69) is 11.9 Å². The lowest BCUT2D eigenvalue weighted by molar-refractivity contribution is 0.0820. The van der Waals surface area contributed by atoms with Crippen molar-refractivity contribution in [1.29, 1.82) is 0 Å². The first-order chi connectivity index (χ1) is 7.16. The number of hydrogen-bond acceptors (Lipinski definition) is 2. The lowest BCUT2D eigenvalue weighted by Gasteiger charge is -2.12. The molecular weight excluding hydrogens is 188 g/mol. The Bertz CT molecular complexity index is 334. The second-order valence-corrected chi connectivity index (χ2v) is 3.81. The van der Waals surface area contributed by atoms with Gasteiger partial charge in [0.2, 0.25) is 0 Å². The van der Waals surface area contributed by atoms with E-state index in [4.69, 9.17) is 0 Å². The highest BCUT2D eigenvalue weighted by atomic mass is 16.2. The third-order valence-electron chi connectivity index (χ3n) is 2.30. The molecule has 0 radical (unpaired) electrons. The van der Waals surface area contributed by atoms with Crippen molar-refractivity contribution in [2.75, 3.05) is 14.1 Å². The van der Waals surface area contributed by atoms with Crippen LogP contribution in [0, 0.1) is 0 Å². The summed E-state index contributed by atoms with van der Waals surface area (Å²) in [7, 11) is 3.50. The highest BCUT2D eigenvalue weighted by Gasteiger charge is 2.13. The molecule has 0 aromatic carbocycles. The largest absolute Gasteiger partial charge is 0.343 e. The molecule has 3 heteroatoms. The summed E-state index contributed by atoms with van der Waals surface area (Å²) in [4.78, 5) is 17.5. The number of carbonyl (C=O) groups is 1. The fourth-order valence-electron chi connectivity index (χ4n) is 1.41. The summed E-state index contributed by atoms with van der Waals surface area (Å²) in [5.41, 5.74) is 1.65. The van der Waals surface area contributed by atoms with Crippen LogP contribution in [0.5, 0.6) is 0 Å². The van der Waals surface area contributed by atoms with Crippen LogP contribution in [0.15, 0.2) is 18.3 Å². The van der Waals surface area contributed by atoms with E-state index in [0.717, 1.165) is 24.8 Å². The first-order valence-electron chi connectivity index (χ1n) is 5.32. The van der Waals surface area contributed by atoms with Gasteiger partial charge in [0, 0.05) is 20.3 Å². The average molecular weight is 206 g/mol. The molecule has 0 fully saturated rings. The van der Waals surface area contributed by atoms with Gasteiger partial charge in [0.15, 0.2) is 0 Å². The van der Waals surface area contributed by atoms with Crippen molar-refractivity contribution in [3.8, 4) is 0 Å². The van der Waals surface area contributed by atoms with Gasteiger partial charge in [0.05, 0.1) is 0 Å². The number of nitrogens with zero attached hydrogens (tertiary/aromatic N) is 2. The van der Waals surface area contributed by atoms with Crippen molar-refractivity contribution >= 4 is 5.91 Å². The van der Waals surface area contributed by atoms with E-state index in [1.165, 1.54) is 0 Å². The normalized spacial score (nSPS) is 10.1. The van der Waals surface area contributed by atoms with Gasteiger partial charge in [-0.2, -0.15) is 0 Å². The molecule has 82 valence electrons. The fraction of sp³-hybridized carbons (Fsp3) is 0.500. The molecule has 1 aromatic rings. The molecule has 0 spiro atoms. The van der Waals surface area contributed by atoms with Gasteiger partial charge in [-0.3, -0.25) is 9.78 Å². The second kappa shape index (κ2) is 5.49. The minimum Gasteiger partial charge on any atom is -0.343 e. The summed E-state index contributed by atoms with van der Waals surface area (Å²) in [6.07, 6.45) is 4.83. The molecule has 0 aliphatic carbocycles. The van der Waals surface area contributed by atoms with Crippen molar-refractivity contribution in [2.45, 2.75) is 26.2 Å². The molecule has 0 bridgehead atoms. The van der Waals surface area contributed by atoms with Gasteiger partial charge in [0.1, 0.15) is 5.69 Å². The van der Waals surface area contributed by atoms with Crippen molar-refractivity contribution in [3.05, 3.63) is 29.6 Å². The molecule has 0 N–H and O–H groups in total. The quantitative estimate of drug-likeness (QED) is 0.756. The molecular formula is C12H18N2O. The number of amides is 1. The summed E-state index contributed by atoms with van der Waals surface area (Å²) in [5.74, 6) is -0.0123. The first kappa shape index (κ1) is 11.7. The van der Waals surface area contributed by atoms with Crippen LogP contribution in [0.1, 0.15) is 35.8 Å². The van der Waals surface area contributed by atoms with E-state index >= 15 is 0 Å². The Hall–Kier alpha value is -1.38. The third-order valence-corrected chi connectivity index (χ3v) is 2.30. The molecule has 0 unspecified atom stereocenters. The zero-order valence-electron chi connectivity index (χ0n) is 9.66. The molecule has 15 heavy (non-hydrogen) atoms. The Balaban J connectivity index is 2.90. The average Bonchev–Trinajstić information content (AvgIpc) is 2.25. The maximum atomic E-state index is 11.8. The fourth-order valence-corrected chi connectivity index (χ4v) is 1.41. The van der Waals surface area contributed by atoms with Crippen LogP contribution in [0.25, 0.3) is 0 Å². The van der Waals surface area contributed by atoms with Crippen LogP contribution in [-0.4, -0.2) is 29.9 Å². The van der Waals surface area contributed by atoms with Crippen LogP contribution in [-0.2, 0) is 6.42 Å². The van der Waals surface area contributed by atoms with Crippen molar-refractivity contribution in [3.63, 3.8) is 0 Å². The van der Waals surface area contributed by atoms with E-state index in [0.29, 0.717) is 5.69 Å². The molecule has 0 atom stereocenters. The van der Waals surface area contributed by atoms with E-state index in [-0.39, 0.29) is 5.91 Å². The van der Waals surface area contributed by atoms with E-state index in [1.54, 1.807) is 25.2 Å². The van der Waals surface area contributed by atoms with Crippen LogP contribution in [0.2, 0.25) is 0 Å². The number of aromatic nitrogens is 1. The van der Waals surface area contributed by atoms with E-state index < -0.39 is 0 Å². The number of rotatable bonds is 4. The number of carbonyl (C=O) groups excluding carboxylic acids is 1. The molecule has 1 rings (SSSR count). The topological polar surface area (TPSA) is 33.2 Å². The molecule has 1 amide bonds. The molecule has 0 aliphatic heterocycles. The Morgan fingerprint density at radius 2 is 2.20 bits per heavy atom. The third kappa shape index (κ3) is 3.05. The summed E-state index contributed by atoms with van der Waals surface area (Å²) >= 11 is 0. The Morgan fingerprint density at radius 1 is 1.47 bits per heavy atom. The molecule has 0 saturated carbocycles. The predicted molar refractivity (Wildman–Crippen MR) is 60.9 cm³/mol. The minimum atomic E-state index is -0.0123. The van der Waals surface area contributed by atoms with E-state index in [9.17, 15) is 4.79 Å². The Morgan fingerprint density at radius 3 is 2.80 bits per heavy atom. The van der Waals surface area contributed by atoms with Crippen LogP contribution in [0.4, 0.5) is 0 Å². The summed E-state index contributed by atoms with van der Waals surface area (Å²) in [6, 6.07) is 3.87. The zero-order valence-corrected chi connectivity index (χ0v) is 9.66. The highest BCUT2D eigenvalue weighted by Crippen LogP contribution is 2.10. The Labute approximate surface area is 91.1 Å². The van der Waals surface area contributed by atoms with Crippen molar-refractivity contribution < 1.29 is 4.79 Å². The summed E-state index contributed by atoms with van der Waals surface area (Å²) < 4.78 is 0. The highest BCUT2D eigenvalue weighted by molar-refractivity contribution is 5.93. The first-order valence-corrected chi connectivity index (χ1v) is 5.32. The van der Waals surface area contributed by atoms with Gasteiger partial charge in [-0.05, 0) is 24.5 Å². The van der Waals surface area contributed by atoms with Gasteiger partial charge < -0.3 is 4.90 Å². The van der Waals surface area contributed by atoms with Crippen molar-refractivity contribution in [1.82, 2.24) is 9.88 Å². The number of aryl methyl sites for hydroxylation is 1. The lowest BCUT2D eigenvalue weighted by Crippen LogP contribution is -2.24. The van der Waals surface area contributed by atoms with Gasteiger partial charge in [0.25, 0.3) is 5.91 Å². The molecule has 0 saturated heterocycles. The summed E-state index contributed by atoms with van der Waals surface area (Å²) in [6.45, 7) is 2.14. The lowest BCUT2D eigenvalue weighted by atomic mass is 10.1. The maximum absolute atomic E-state index is 11.8. The maximum Gasteiger partial charge on any atom is 0.272 e. The van der Waals surface area contributed by atoms with Crippen LogP contribution in [0.3, 0.4) is 0 Å². The smallest absolute Gasteiger partial charge is 0.272 e. The SMILES string of the molecule is CCCCc1cccnc1C(=O)N(C)C. The predicted octanol–water partition coefficient (Wildman–Crippen LogP) is 2.13. The van der Waals surface area contributed by atoms with Gasteiger partial charge in [-0.25, -0.2) is 0 Å². The zero-order chi connectivity index (χ0) is 11.3. The second-order valence-electron chi connectivity index (χ2n) is 3.81. The number of hydrogen-bond donors (Lipinski definition) is 0. The molecule has 1 heterocycles. The van der Waals surface area contributed by atoms with Crippen LogP contribution >= 0.6 is 0 Å². The van der Waals surface area contributed by atoms with Gasteiger partial charge in [-0.15, -0.1) is 0 Å². The summed E-state index contributed by atoms with van der Waals surface area (Å²) in [5, 5.41) is 0. The van der Waals surface area contributed by atoms with Gasteiger partial charge >= 0.3 is 0 Å². The standard InChI is InChI=1S/C12H18N2O/c1-4-5-7-10-8-6-9-13-11(10)12(15)14(2)3/h6,8-9H,4-5,7H2,1-3H3. The number of pyridine rings is 1. The number of unbranched alkanes of at least 4 members (excludes halogenated alkanes) is 1. The monoisotopic (exact) mass is 206 g/mol. The van der Waals surface area contributed by atoms with E-state index in [1.807, 2.05) is 12.1 Å². The molecule has 0 aliphatic rings. The Kier molecular flexibility index (Phi) is 4.28. The van der Waals surface area contributed by atoms with Crippen LogP contribution < -0.4 is 0 Å². The molecule has 3 nitrogen and oxygen atoms in total.